The van der Waals surface area contributed by atoms with Crippen LogP contribution in [0.3, 0.4) is 0 Å². The van der Waals surface area contributed by atoms with Crippen LogP contribution in [0.15, 0.2) is 6.33 Å². The first kappa shape index (κ1) is 10.8. The van der Waals surface area contributed by atoms with Crippen LogP contribution in [0.2, 0.25) is 0 Å². The van der Waals surface area contributed by atoms with E-state index in [-0.39, 0.29) is 18.1 Å². The number of hydrogen-bond acceptors (Lipinski definition) is 4. The molecule has 0 N–H and O–H groups in total. The molecule has 2 aliphatic rings. The van der Waals surface area contributed by atoms with E-state index in [1.807, 2.05) is 20.3 Å². The number of nitrogens with zero attached hydrogens (tertiary/aromatic N) is 3. The van der Waals surface area contributed by atoms with Gasteiger partial charge in [0, 0.05) is 38.7 Å². The number of ether oxygens (including phenoxy) is 1. The van der Waals surface area contributed by atoms with Crippen molar-refractivity contribution in [2.75, 3.05) is 6.54 Å². The van der Waals surface area contributed by atoms with Crippen LogP contribution in [0, 0.1) is 0 Å². The molecule has 5 heteroatoms. The maximum Gasteiger partial charge on any atom is 0.323 e. The number of rotatable bonds is 1. The number of fused-ring (bicyclic) bond motifs is 1. The molecular formula is C12H17N3O2. The second kappa shape index (κ2) is 3.84. The van der Waals surface area contributed by atoms with Gasteiger partial charge in [-0.3, -0.25) is 9.69 Å². The van der Waals surface area contributed by atoms with Gasteiger partial charge in [0.25, 0.3) is 0 Å². The predicted molar refractivity (Wildman–Crippen MR) is 61.3 cm³/mol. The lowest BCUT2D eigenvalue weighted by atomic mass is 10.1. The summed E-state index contributed by atoms with van der Waals surface area (Å²) in [5, 5.41) is 0. The maximum atomic E-state index is 11.7. The second-order valence-electron chi connectivity index (χ2n) is 4.97. The lowest BCUT2D eigenvalue weighted by molar-refractivity contribution is -0.145. The Hall–Kier alpha value is -1.36. The molecule has 5 nitrogen and oxygen atoms in total. The Morgan fingerprint density at radius 2 is 2.35 bits per heavy atom. The Labute approximate surface area is 100 Å². The molecule has 0 aliphatic carbocycles. The number of aryl methyl sites for hydroxylation is 1. The summed E-state index contributed by atoms with van der Waals surface area (Å²) < 4.78 is 7.29. The summed E-state index contributed by atoms with van der Waals surface area (Å²) in [6.07, 6.45) is 3.67. The summed E-state index contributed by atoms with van der Waals surface area (Å²) in [7, 11) is 2.02. The fraction of sp³-hybridized carbons (Fsp3) is 0.667. The van der Waals surface area contributed by atoms with Crippen LogP contribution in [0.25, 0.3) is 0 Å². The van der Waals surface area contributed by atoms with Crippen molar-refractivity contribution in [3.05, 3.63) is 17.7 Å². The quantitative estimate of drug-likeness (QED) is 0.664. The number of carbonyl (C=O) groups excluding carboxylic acids is 1. The minimum absolute atomic E-state index is 0.0534. The molecule has 0 spiro atoms. The molecule has 92 valence electrons. The van der Waals surface area contributed by atoms with Crippen molar-refractivity contribution in [3.63, 3.8) is 0 Å². The van der Waals surface area contributed by atoms with E-state index in [0.717, 1.165) is 31.6 Å². The van der Waals surface area contributed by atoms with Gasteiger partial charge in [-0.1, -0.05) is 0 Å². The van der Waals surface area contributed by atoms with E-state index >= 15 is 0 Å². The molecule has 0 aromatic carbocycles. The van der Waals surface area contributed by atoms with E-state index < -0.39 is 0 Å². The van der Waals surface area contributed by atoms with Gasteiger partial charge in [-0.05, 0) is 6.92 Å². The van der Waals surface area contributed by atoms with Crippen LogP contribution in [0.1, 0.15) is 24.7 Å². The average Bonchev–Trinajstić information content (AvgIpc) is 2.82. The summed E-state index contributed by atoms with van der Waals surface area (Å²) in [4.78, 5) is 18.3. The van der Waals surface area contributed by atoms with E-state index in [0.29, 0.717) is 0 Å². The molecule has 1 fully saturated rings. The number of carbonyl (C=O) groups is 1. The first-order chi connectivity index (χ1) is 8.15. The van der Waals surface area contributed by atoms with Crippen molar-refractivity contribution in [1.82, 2.24) is 14.5 Å². The third kappa shape index (κ3) is 1.74. The Balaban J connectivity index is 1.78. The zero-order chi connectivity index (χ0) is 12.0. The van der Waals surface area contributed by atoms with Crippen molar-refractivity contribution in [3.8, 4) is 0 Å². The van der Waals surface area contributed by atoms with Gasteiger partial charge in [0.15, 0.2) is 0 Å². The van der Waals surface area contributed by atoms with Crippen molar-refractivity contribution in [1.29, 1.82) is 0 Å². The molecule has 0 amide bonds. The topological polar surface area (TPSA) is 47.4 Å². The van der Waals surface area contributed by atoms with E-state index in [4.69, 9.17) is 4.74 Å². The van der Waals surface area contributed by atoms with Gasteiger partial charge in [0.1, 0.15) is 12.1 Å². The molecule has 3 rings (SSSR count). The lowest BCUT2D eigenvalue weighted by Gasteiger charge is -2.29. The Morgan fingerprint density at radius 3 is 3.06 bits per heavy atom. The third-order valence-corrected chi connectivity index (χ3v) is 3.72. The summed E-state index contributed by atoms with van der Waals surface area (Å²) in [6, 6.07) is -0.0693. The number of hydrogen-bond donors (Lipinski definition) is 0. The first-order valence-electron chi connectivity index (χ1n) is 6.09. The average molecular weight is 235 g/mol. The minimum atomic E-state index is -0.0723. The number of cyclic esters (lactones) is 1. The Bertz CT molecular complexity index is 455. The fourth-order valence-corrected chi connectivity index (χ4v) is 2.78. The van der Waals surface area contributed by atoms with Crippen molar-refractivity contribution in [2.45, 2.75) is 38.5 Å². The fourth-order valence-electron chi connectivity index (χ4n) is 2.78. The van der Waals surface area contributed by atoms with E-state index in [1.54, 1.807) is 0 Å². The van der Waals surface area contributed by atoms with Crippen LogP contribution in [-0.2, 0) is 29.5 Å². The van der Waals surface area contributed by atoms with E-state index in [9.17, 15) is 4.79 Å². The first-order valence-corrected chi connectivity index (χ1v) is 6.09. The molecule has 17 heavy (non-hydrogen) atoms. The molecule has 0 bridgehead atoms. The highest BCUT2D eigenvalue weighted by Gasteiger charge is 2.38. The van der Waals surface area contributed by atoms with Gasteiger partial charge in [-0.15, -0.1) is 0 Å². The van der Waals surface area contributed by atoms with Gasteiger partial charge in [0.05, 0.1) is 12.0 Å². The Morgan fingerprint density at radius 1 is 1.53 bits per heavy atom. The van der Waals surface area contributed by atoms with Gasteiger partial charge >= 0.3 is 5.97 Å². The zero-order valence-corrected chi connectivity index (χ0v) is 10.2. The smallest absolute Gasteiger partial charge is 0.323 e. The molecule has 0 unspecified atom stereocenters. The van der Waals surface area contributed by atoms with Crippen LogP contribution in [-0.4, -0.2) is 39.1 Å². The van der Waals surface area contributed by atoms with Crippen LogP contribution < -0.4 is 0 Å². The Kier molecular flexibility index (Phi) is 2.43. The largest absolute Gasteiger partial charge is 0.461 e. The minimum Gasteiger partial charge on any atom is -0.461 e. The normalized spacial score (nSPS) is 29.2. The molecule has 0 radical (unpaired) electrons. The van der Waals surface area contributed by atoms with E-state index in [2.05, 4.69) is 14.5 Å². The van der Waals surface area contributed by atoms with Gasteiger partial charge in [-0.25, -0.2) is 4.98 Å². The number of aromatic nitrogens is 2. The highest BCUT2D eigenvalue weighted by atomic mass is 16.6. The standard InChI is InChI=1S/C12H17N3O2/c1-8-5-11(12(16)17-8)15-4-3-10-9(6-15)13-7-14(10)2/h7-8,11H,3-6H2,1-2H3/t8-,11-/m1/s1. The highest BCUT2D eigenvalue weighted by molar-refractivity contribution is 5.78. The second-order valence-corrected chi connectivity index (χ2v) is 4.97. The van der Waals surface area contributed by atoms with Crippen LogP contribution >= 0.6 is 0 Å². The van der Waals surface area contributed by atoms with Gasteiger partial charge < -0.3 is 9.30 Å². The molecule has 1 aromatic rings. The van der Waals surface area contributed by atoms with Crippen molar-refractivity contribution < 1.29 is 9.53 Å². The third-order valence-electron chi connectivity index (χ3n) is 3.72. The van der Waals surface area contributed by atoms with Gasteiger partial charge in [-0.2, -0.15) is 0 Å². The molecule has 0 saturated carbocycles. The lowest BCUT2D eigenvalue weighted by Crippen LogP contribution is -2.42. The molecule has 3 heterocycles. The SMILES string of the molecule is C[C@@H]1C[C@@H](N2CCc3c(ncn3C)C2)C(=O)O1. The highest BCUT2D eigenvalue weighted by Crippen LogP contribution is 2.25. The summed E-state index contributed by atoms with van der Waals surface area (Å²) in [5.74, 6) is -0.0723. The number of esters is 1. The zero-order valence-electron chi connectivity index (χ0n) is 10.2. The molecule has 1 aromatic heterocycles. The monoisotopic (exact) mass is 235 g/mol. The van der Waals surface area contributed by atoms with Crippen molar-refractivity contribution in [2.24, 2.45) is 7.05 Å². The molecular weight excluding hydrogens is 218 g/mol. The van der Waals surface area contributed by atoms with E-state index in [1.165, 1.54) is 5.69 Å². The molecule has 2 aliphatic heterocycles. The molecule has 1 saturated heterocycles. The predicted octanol–water partition coefficient (Wildman–Crippen LogP) is 0.482. The van der Waals surface area contributed by atoms with Gasteiger partial charge in [0.2, 0.25) is 0 Å². The summed E-state index contributed by atoms with van der Waals surface area (Å²) in [5.41, 5.74) is 2.40. The number of imidazole rings is 1. The molecule has 2 atom stereocenters. The van der Waals surface area contributed by atoms with Crippen LogP contribution in [0.4, 0.5) is 0 Å². The summed E-state index contributed by atoms with van der Waals surface area (Å²) in [6.45, 7) is 3.63. The summed E-state index contributed by atoms with van der Waals surface area (Å²) >= 11 is 0. The van der Waals surface area contributed by atoms with Crippen LogP contribution in [0.5, 0.6) is 0 Å². The maximum absolute atomic E-state index is 11.7. The van der Waals surface area contributed by atoms with Crippen molar-refractivity contribution >= 4 is 5.97 Å².